The van der Waals surface area contributed by atoms with Gasteiger partial charge in [0.2, 0.25) is 5.91 Å². The average Bonchev–Trinajstić information content (AvgIpc) is 3.11. The third kappa shape index (κ3) is 4.40. The van der Waals surface area contributed by atoms with Crippen molar-refractivity contribution >= 4 is 23.6 Å². The zero-order chi connectivity index (χ0) is 20.1. The topological polar surface area (TPSA) is 40.6 Å². The van der Waals surface area contributed by atoms with Gasteiger partial charge in [-0.25, -0.2) is 0 Å². The molecule has 0 N–H and O–H groups in total. The minimum Gasteiger partial charge on any atom is -0.342 e. The Hall–Kier alpha value is -1.49. The van der Waals surface area contributed by atoms with E-state index in [1.165, 1.54) is 0 Å². The summed E-state index contributed by atoms with van der Waals surface area (Å²) in [6, 6.07) is 7.89. The highest BCUT2D eigenvalue weighted by Gasteiger charge is 2.47. The van der Waals surface area contributed by atoms with E-state index < -0.39 is 0 Å². The smallest absolute Gasteiger partial charge is 0.255 e. The van der Waals surface area contributed by atoms with Crippen LogP contribution in [0.3, 0.4) is 0 Å². The van der Waals surface area contributed by atoms with Crippen molar-refractivity contribution in [1.29, 1.82) is 0 Å². The molecular weight excluding hydrogens is 368 g/mol. The zero-order valence-electron chi connectivity index (χ0n) is 17.6. The summed E-state index contributed by atoms with van der Waals surface area (Å²) in [5.74, 6) is 1.61. The highest BCUT2D eigenvalue weighted by atomic mass is 32.2. The van der Waals surface area contributed by atoms with Crippen molar-refractivity contribution in [3.8, 4) is 0 Å². The highest BCUT2D eigenvalue weighted by molar-refractivity contribution is 8.00. The number of rotatable bonds is 6. The molecule has 1 atom stereocenters. The van der Waals surface area contributed by atoms with Crippen LogP contribution in [0.1, 0.15) is 68.3 Å². The Bertz CT molecular complexity index is 698. The third-order valence-electron chi connectivity index (χ3n) is 6.29. The van der Waals surface area contributed by atoms with Gasteiger partial charge in [-0.05, 0) is 44.7 Å². The van der Waals surface area contributed by atoms with Crippen LogP contribution < -0.4 is 0 Å². The van der Waals surface area contributed by atoms with E-state index in [1.54, 1.807) is 0 Å². The number of thioether (sulfide) groups is 1. The molecular formula is C23H34N2O2S. The van der Waals surface area contributed by atoms with Crippen LogP contribution >= 0.6 is 11.8 Å². The predicted molar refractivity (Wildman–Crippen MR) is 117 cm³/mol. The number of benzene rings is 1. The Morgan fingerprint density at radius 2 is 1.93 bits per heavy atom. The van der Waals surface area contributed by atoms with Crippen LogP contribution in [0.2, 0.25) is 0 Å². The van der Waals surface area contributed by atoms with Gasteiger partial charge in [-0.3, -0.25) is 9.59 Å². The van der Waals surface area contributed by atoms with Gasteiger partial charge in [0.25, 0.3) is 5.91 Å². The van der Waals surface area contributed by atoms with Crippen LogP contribution in [0.25, 0.3) is 0 Å². The van der Waals surface area contributed by atoms with E-state index in [2.05, 4.69) is 23.6 Å². The Balaban J connectivity index is 1.66. The van der Waals surface area contributed by atoms with E-state index in [0.29, 0.717) is 5.91 Å². The first-order chi connectivity index (χ1) is 13.5. The number of carbonyl (C=O) groups is 2. The Kier molecular flexibility index (Phi) is 7.08. The lowest BCUT2D eigenvalue weighted by molar-refractivity contribution is -0.137. The van der Waals surface area contributed by atoms with Gasteiger partial charge in [0.15, 0.2) is 0 Å². The second-order valence-corrected chi connectivity index (χ2v) is 9.65. The third-order valence-corrected chi connectivity index (χ3v) is 7.84. The number of amides is 2. The van der Waals surface area contributed by atoms with E-state index in [0.717, 1.165) is 75.0 Å². The molecule has 0 aromatic heterocycles. The minimum atomic E-state index is -0.136. The normalized spacial score (nSPS) is 19.8. The number of unbranched alkanes of at least 4 members (excludes halogenated alkanes) is 1. The molecule has 2 aliphatic heterocycles. The Morgan fingerprint density at radius 3 is 2.57 bits per heavy atom. The molecule has 1 aromatic rings. The van der Waals surface area contributed by atoms with Crippen molar-refractivity contribution < 1.29 is 9.59 Å². The van der Waals surface area contributed by atoms with Crippen molar-refractivity contribution in [2.75, 3.05) is 25.4 Å². The molecule has 2 heterocycles. The number of nitrogens with zero attached hydrogens (tertiary/aromatic N) is 2. The molecule has 2 amide bonds. The van der Waals surface area contributed by atoms with E-state index in [4.69, 9.17) is 0 Å². The molecule has 0 saturated carbocycles. The second kappa shape index (κ2) is 9.34. The molecule has 154 valence electrons. The van der Waals surface area contributed by atoms with Crippen LogP contribution in [0, 0.1) is 12.8 Å². The predicted octanol–water partition coefficient (Wildman–Crippen LogP) is 4.72. The number of aryl methyl sites for hydroxylation is 1. The van der Waals surface area contributed by atoms with Gasteiger partial charge in [0.1, 0.15) is 0 Å². The number of hydrogen-bond acceptors (Lipinski definition) is 3. The maximum absolute atomic E-state index is 13.2. The monoisotopic (exact) mass is 402 g/mol. The molecule has 2 aliphatic rings. The summed E-state index contributed by atoms with van der Waals surface area (Å²) in [7, 11) is 0. The van der Waals surface area contributed by atoms with Crippen molar-refractivity contribution in [3.05, 3.63) is 35.4 Å². The summed E-state index contributed by atoms with van der Waals surface area (Å²) in [6.45, 7) is 8.67. The number of likely N-dealkylation sites (tertiary alicyclic amines) is 1. The SMILES string of the molecule is CCCCC(CC)C(=O)N1CCC2(CC1)SCCN2C(=O)c1cccc(C)c1. The van der Waals surface area contributed by atoms with E-state index in [9.17, 15) is 9.59 Å². The first kappa shape index (κ1) is 21.2. The summed E-state index contributed by atoms with van der Waals surface area (Å²) >= 11 is 1.91. The second-order valence-electron chi connectivity index (χ2n) is 8.19. The molecule has 2 fully saturated rings. The van der Waals surface area contributed by atoms with Gasteiger partial charge in [0.05, 0.1) is 4.87 Å². The molecule has 4 nitrogen and oxygen atoms in total. The molecule has 1 spiro atoms. The summed E-state index contributed by atoms with van der Waals surface area (Å²) in [6.07, 6.45) is 5.94. The van der Waals surface area contributed by atoms with Crippen LogP contribution in [0.4, 0.5) is 0 Å². The number of carbonyl (C=O) groups excluding carboxylic acids is 2. The summed E-state index contributed by atoms with van der Waals surface area (Å²) in [5, 5.41) is 0. The maximum atomic E-state index is 13.2. The quantitative estimate of drug-likeness (QED) is 0.691. The molecule has 2 saturated heterocycles. The summed E-state index contributed by atoms with van der Waals surface area (Å²) in [4.78, 5) is 30.2. The zero-order valence-corrected chi connectivity index (χ0v) is 18.4. The number of hydrogen-bond donors (Lipinski definition) is 0. The van der Waals surface area contributed by atoms with Crippen LogP contribution in [0.5, 0.6) is 0 Å². The van der Waals surface area contributed by atoms with Crippen molar-refractivity contribution in [1.82, 2.24) is 9.80 Å². The van der Waals surface area contributed by atoms with Gasteiger partial charge in [-0.1, -0.05) is 44.4 Å². The van der Waals surface area contributed by atoms with Gasteiger partial charge in [-0.15, -0.1) is 11.8 Å². The van der Waals surface area contributed by atoms with Crippen molar-refractivity contribution in [2.24, 2.45) is 5.92 Å². The standard InChI is InChI=1S/C23H34N2O2S/c1-4-6-9-19(5-2)21(26)24-13-11-23(12-14-24)25(15-16-28-23)22(27)20-10-7-8-18(3)17-20/h7-8,10,17,19H,4-6,9,11-16H2,1-3H3. The fourth-order valence-electron chi connectivity index (χ4n) is 4.53. The lowest BCUT2D eigenvalue weighted by atomic mass is 9.95. The largest absolute Gasteiger partial charge is 0.342 e. The van der Waals surface area contributed by atoms with Gasteiger partial charge >= 0.3 is 0 Å². The minimum absolute atomic E-state index is 0.136. The fourth-order valence-corrected chi connectivity index (χ4v) is 5.99. The molecule has 3 rings (SSSR count). The summed E-state index contributed by atoms with van der Waals surface area (Å²) in [5.41, 5.74) is 1.90. The Morgan fingerprint density at radius 1 is 1.18 bits per heavy atom. The van der Waals surface area contributed by atoms with Crippen molar-refractivity contribution in [2.45, 2.75) is 64.2 Å². The van der Waals surface area contributed by atoms with Gasteiger partial charge < -0.3 is 9.80 Å². The summed E-state index contributed by atoms with van der Waals surface area (Å²) < 4.78 is 0. The number of piperidine rings is 1. The van der Waals surface area contributed by atoms with E-state index in [-0.39, 0.29) is 16.7 Å². The Labute approximate surface area is 174 Å². The molecule has 5 heteroatoms. The molecule has 28 heavy (non-hydrogen) atoms. The van der Waals surface area contributed by atoms with Gasteiger partial charge in [-0.2, -0.15) is 0 Å². The molecule has 1 unspecified atom stereocenters. The molecule has 0 radical (unpaired) electrons. The molecule has 1 aromatic carbocycles. The van der Waals surface area contributed by atoms with E-state index >= 15 is 0 Å². The van der Waals surface area contributed by atoms with Crippen molar-refractivity contribution in [3.63, 3.8) is 0 Å². The fraction of sp³-hybridized carbons (Fsp3) is 0.652. The van der Waals surface area contributed by atoms with Crippen LogP contribution in [-0.2, 0) is 4.79 Å². The lowest BCUT2D eigenvalue weighted by Gasteiger charge is -2.44. The van der Waals surface area contributed by atoms with Crippen LogP contribution in [-0.4, -0.2) is 51.9 Å². The first-order valence-corrected chi connectivity index (χ1v) is 11.8. The highest BCUT2D eigenvalue weighted by Crippen LogP contribution is 2.44. The molecule has 0 aliphatic carbocycles. The first-order valence-electron chi connectivity index (χ1n) is 10.8. The van der Waals surface area contributed by atoms with Crippen LogP contribution in [0.15, 0.2) is 24.3 Å². The van der Waals surface area contributed by atoms with Gasteiger partial charge in [0, 0.05) is 36.9 Å². The maximum Gasteiger partial charge on any atom is 0.255 e. The molecule has 0 bridgehead atoms. The van der Waals surface area contributed by atoms with E-state index in [1.807, 2.05) is 43.0 Å². The lowest BCUT2D eigenvalue weighted by Crippen LogP contribution is -2.54. The average molecular weight is 403 g/mol.